The van der Waals surface area contributed by atoms with Gasteiger partial charge in [-0.2, -0.15) is 13.2 Å². The van der Waals surface area contributed by atoms with Crippen LogP contribution in [0.1, 0.15) is 64.5 Å². The Bertz CT molecular complexity index is 1220. The predicted octanol–water partition coefficient (Wildman–Crippen LogP) is 7.75. The zero-order valence-corrected chi connectivity index (χ0v) is 27.9. The minimum atomic E-state index is -5.13. The Kier molecular flexibility index (Phi) is 11.9. The lowest BCUT2D eigenvalue weighted by Gasteiger charge is -2.41. The average Bonchev–Trinajstić information content (AvgIpc) is 3.34. The van der Waals surface area contributed by atoms with Crippen LogP contribution >= 0.6 is 0 Å². The molecule has 0 N–H and O–H groups in total. The molecule has 1 fully saturated rings. The third kappa shape index (κ3) is 7.74. The van der Waals surface area contributed by atoms with Crippen LogP contribution in [0.25, 0.3) is 0 Å². The van der Waals surface area contributed by atoms with E-state index in [-0.39, 0.29) is 24.7 Å². The Hall–Kier alpha value is -2.69. The summed E-state index contributed by atoms with van der Waals surface area (Å²) in [6, 6.07) is 16.7. The first-order valence-electron chi connectivity index (χ1n) is 15.3. The molecule has 0 aliphatic carbocycles. The molecule has 10 heteroatoms. The van der Waals surface area contributed by atoms with Crippen molar-refractivity contribution in [2.75, 3.05) is 20.3 Å². The number of carbonyl (C=O) groups excluding carboxylic acids is 2. The summed E-state index contributed by atoms with van der Waals surface area (Å²) in [6.07, 6.45) is -3.84. The van der Waals surface area contributed by atoms with Gasteiger partial charge in [-0.05, 0) is 37.4 Å². The molecular weight excluding hydrogens is 589 g/mol. The van der Waals surface area contributed by atoms with Gasteiger partial charge in [-0.15, -0.1) is 0 Å². The van der Waals surface area contributed by atoms with E-state index in [9.17, 15) is 22.8 Å². The number of ether oxygens (including phenoxy) is 3. The van der Waals surface area contributed by atoms with Crippen molar-refractivity contribution in [3.63, 3.8) is 0 Å². The van der Waals surface area contributed by atoms with Crippen LogP contribution < -0.4 is 0 Å². The first kappa shape index (κ1) is 35.8. The molecule has 1 saturated heterocycles. The van der Waals surface area contributed by atoms with Crippen LogP contribution in [0.5, 0.6) is 0 Å². The average molecular weight is 637 g/mol. The third-order valence-electron chi connectivity index (χ3n) is 9.23. The molecule has 4 atom stereocenters. The zero-order valence-electron chi connectivity index (χ0n) is 26.9. The highest BCUT2D eigenvalue weighted by molar-refractivity contribution is 6.74. The van der Waals surface area contributed by atoms with E-state index >= 15 is 0 Å². The number of benzene rings is 2. The fraction of sp³-hybridized carbons (Fsp3) is 0.588. The maximum absolute atomic E-state index is 14.7. The van der Waals surface area contributed by atoms with Gasteiger partial charge in [0.1, 0.15) is 12.0 Å². The number of alkyl halides is 3. The van der Waals surface area contributed by atoms with Crippen molar-refractivity contribution in [1.82, 2.24) is 0 Å². The molecule has 0 saturated carbocycles. The molecular formula is C34H47F3O6Si. The van der Waals surface area contributed by atoms with Crippen molar-refractivity contribution in [1.29, 1.82) is 0 Å². The van der Waals surface area contributed by atoms with Crippen molar-refractivity contribution in [2.24, 2.45) is 17.8 Å². The van der Waals surface area contributed by atoms with Gasteiger partial charge >= 0.3 is 18.1 Å². The lowest BCUT2D eigenvalue weighted by molar-refractivity contribution is -0.279. The van der Waals surface area contributed by atoms with Gasteiger partial charge in [0, 0.05) is 30.2 Å². The van der Waals surface area contributed by atoms with E-state index in [1.54, 1.807) is 6.07 Å². The first-order chi connectivity index (χ1) is 20.6. The second-order valence-electron chi connectivity index (χ2n) is 13.1. The number of rotatable bonds is 15. The second kappa shape index (κ2) is 14.6. The quantitative estimate of drug-likeness (QED) is 0.113. The summed E-state index contributed by atoms with van der Waals surface area (Å²) in [5.41, 5.74) is -2.62. The second-order valence-corrected chi connectivity index (χ2v) is 17.7. The number of unbranched alkanes of at least 4 members (excludes halogenated alkanes) is 1. The summed E-state index contributed by atoms with van der Waals surface area (Å²) in [4.78, 5) is 26.8. The Morgan fingerprint density at radius 1 is 0.955 bits per heavy atom. The summed E-state index contributed by atoms with van der Waals surface area (Å²) < 4.78 is 66.7. The molecule has 44 heavy (non-hydrogen) atoms. The Morgan fingerprint density at radius 3 is 2.02 bits per heavy atom. The Morgan fingerprint density at radius 2 is 1.50 bits per heavy atom. The van der Waals surface area contributed by atoms with Gasteiger partial charge in [-0.25, -0.2) is 4.79 Å². The highest BCUT2D eigenvalue weighted by Gasteiger charge is 2.65. The summed E-state index contributed by atoms with van der Waals surface area (Å²) in [7, 11) is -1.62. The van der Waals surface area contributed by atoms with Crippen LogP contribution in [0.2, 0.25) is 13.1 Å². The molecule has 0 bridgehead atoms. The number of carbonyl (C=O) groups is 2. The van der Waals surface area contributed by atoms with Crippen LogP contribution in [0.3, 0.4) is 0 Å². The number of hydrogen-bond acceptors (Lipinski definition) is 6. The number of halogens is 3. The first-order valence-corrected chi connectivity index (χ1v) is 18.2. The Balaban J connectivity index is 1.90. The molecule has 1 aliphatic rings. The van der Waals surface area contributed by atoms with E-state index in [4.69, 9.17) is 18.6 Å². The van der Waals surface area contributed by atoms with Gasteiger partial charge < -0.3 is 18.6 Å². The SMILES string of the molecule is CO[C@@](C(=O)O[C@@H](CCCCC(C)C)[C@@H]1C(=O)OC[C@H]1CO[Si](C)(C)C(C)(C)c1ccccc1)(c1ccccc1)C(F)(F)F. The normalized spacial score (nSPS) is 19.8. The van der Waals surface area contributed by atoms with Crippen LogP contribution in [0.15, 0.2) is 60.7 Å². The molecule has 1 heterocycles. The molecule has 2 aromatic carbocycles. The van der Waals surface area contributed by atoms with Crippen molar-refractivity contribution >= 4 is 20.3 Å². The summed E-state index contributed by atoms with van der Waals surface area (Å²) in [5, 5.41) is -0.281. The van der Waals surface area contributed by atoms with Gasteiger partial charge in [0.25, 0.3) is 5.60 Å². The molecule has 0 unspecified atom stereocenters. The molecule has 0 aromatic heterocycles. The largest absolute Gasteiger partial charge is 0.465 e. The van der Waals surface area contributed by atoms with E-state index in [2.05, 4.69) is 52.9 Å². The van der Waals surface area contributed by atoms with E-state index in [1.807, 2.05) is 18.2 Å². The van der Waals surface area contributed by atoms with Crippen molar-refractivity contribution in [3.05, 3.63) is 71.8 Å². The van der Waals surface area contributed by atoms with Gasteiger partial charge in [0.05, 0.1) is 6.61 Å². The summed E-state index contributed by atoms with van der Waals surface area (Å²) in [6.45, 7) is 12.8. The molecule has 3 rings (SSSR count). The van der Waals surface area contributed by atoms with Crippen LogP contribution in [0.4, 0.5) is 13.2 Å². The topological polar surface area (TPSA) is 71.1 Å². The number of methoxy groups -OCH3 is 1. The number of cyclic esters (lactones) is 1. The van der Waals surface area contributed by atoms with E-state index in [0.29, 0.717) is 12.3 Å². The predicted molar refractivity (Wildman–Crippen MR) is 165 cm³/mol. The van der Waals surface area contributed by atoms with Gasteiger partial charge in [0.2, 0.25) is 0 Å². The molecule has 1 aliphatic heterocycles. The minimum Gasteiger partial charge on any atom is -0.465 e. The van der Waals surface area contributed by atoms with E-state index in [0.717, 1.165) is 25.5 Å². The van der Waals surface area contributed by atoms with Gasteiger partial charge in [-0.1, -0.05) is 101 Å². The fourth-order valence-electron chi connectivity index (χ4n) is 5.70. The fourth-order valence-corrected chi connectivity index (χ4v) is 7.56. The number of hydrogen-bond donors (Lipinski definition) is 0. The molecule has 0 radical (unpaired) electrons. The smallest absolute Gasteiger partial charge is 0.432 e. The molecule has 244 valence electrons. The highest BCUT2D eigenvalue weighted by Crippen LogP contribution is 2.44. The van der Waals surface area contributed by atoms with Crippen molar-refractivity contribution < 1.29 is 41.4 Å². The minimum absolute atomic E-state index is 0.0349. The summed E-state index contributed by atoms with van der Waals surface area (Å²) in [5.74, 6) is -3.24. The monoisotopic (exact) mass is 636 g/mol. The Labute approximate surface area is 260 Å². The van der Waals surface area contributed by atoms with E-state index in [1.165, 1.54) is 24.3 Å². The van der Waals surface area contributed by atoms with Gasteiger partial charge in [-0.3, -0.25) is 4.79 Å². The number of esters is 2. The van der Waals surface area contributed by atoms with E-state index < -0.39 is 55.5 Å². The zero-order chi connectivity index (χ0) is 32.8. The maximum atomic E-state index is 14.7. The maximum Gasteiger partial charge on any atom is 0.432 e. The lowest BCUT2D eigenvalue weighted by atomic mass is 9.87. The van der Waals surface area contributed by atoms with Crippen molar-refractivity contribution in [2.45, 2.75) is 89.4 Å². The van der Waals surface area contributed by atoms with Gasteiger partial charge in [0.15, 0.2) is 8.32 Å². The van der Waals surface area contributed by atoms with Crippen LogP contribution in [0, 0.1) is 17.8 Å². The lowest BCUT2D eigenvalue weighted by Crippen LogP contribution is -2.54. The molecule has 6 nitrogen and oxygen atoms in total. The molecule has 0 spiro atoms. The third-order valence-corrected chi connectivity index (χ3v) is 13.4. The standard InChI is InChI=1S/C34H47F3O6Si/c1-24(2)16-14-15-21-28(43-31(39)33(40-5,34(35,36)37)27-19-12-9-13-20-27)29-25(22-41-30(29)38)23-42-44(6,7)32(3,4)26-17-10-8-11-18-26/h8-13,17-20,24-25,28-29H,14-16,21-23H2,1-7H3/t25-,28-,29+,33+/m0/s1. The highest BCUT2D eigenvalue weighted by atomic mass is 28.4. The van der Waals surface area contributed by atoms with Crippen LogP contribution in [-0.2, 0) is 38.9 Å². The summed E-state index contributed by atoms with van der Waals surface area (Å²) >= 11 is 0. The molecule has 2 aromatic rings. The van der Waals surface area contributed by atoms with Crippen LogP contribution in [-0.4, -0.2) is 52.9 Å². The van der Waals surface area contributed by atoms with Crippen molar-refractivity contribution in [3.8, 4) is 0 Å². The molecule has 0 amide bonds.